The maximum absolute atomic E-state index is 11.1. The predicted octanol–water partition coefficient (Wildman–Crippen LogP) is 5.69. The normalized spacial score (nSPS) is 19.8. The van der Waals surface area contributed by atoms with Crippen molar-refractivity contribution in [2.45, 2.75) is 102 Å². The molecule has 2 unspecified atom stereocenters. The highest BCUT2D eigenvalue weighted by molar-refractivity contribution is 9.11. The monoisotopic (exact) mass is 448 g/mol. The Kier molecular flexibility index (Phi) is 9.54. The molecule has 0 aromatic heterocycles. The number of carbonyl (C=O) groups is 1. The van der Waals surface area contributed by atoms with Crippen molar-refractivity contribution < 1.29 is 19.1 Å². The van der Waals surface area contributed by atoms with Gasteiger partial charge in [-0.05, 0) is 53.9 Å². The van der Waals surface area contributed by atoms with Crippen LogP contribution in [0.4, 0.5) is 0 Å². The van der Waals surface area contributed by atoms with Crippen molar-refractivity contribution in [3.05, 3.63) is 10.1 Å². The Balaban J connectivity index is 2.49. The molecule has 0 bridgehead atoms. The number of allylic oxidation sites excluding steroid dienone is 1. The average Bonchev–Trinajstić information content (AvgIpc) is 2.89. The van der Waals surface area contributed by atoms with Crippen LogP contribution in [0.5, 0.6) is 0 Å². The third-order valence-electron chi connectivity index (χ3n) is 5.72. The van der Waals surface area contributed by atoms with Gasteiger partial charge in [-0.15, -0.1) is 0 Å². The highest BCUT2D eigenvalue weighted by atomic mass is 79.9. The van der Waals surface area contributed by atoms with Crippen LogP contribution < -0.4 is 0 Å². The Labute approximate surface area is 169 Å². The van der Waals surface area contributed by atoms with Gasteiger partial charge in [0.05, 0.1) is 19.3 Å². The van der Waals surface area contributed by atoms with Crippen LogP contribution >= 0.6 is 15.9 Å². The molecule has 0 amide bonds. The first kappa shape index (κ1) is 23.9. The highest BCUT2D eigenvalue weighted by Crippen LogP contribution is 2.43. The third-order valence-corrected chi connectivity index (χ3v) is 11.1. The average molecular weight is 450 g/mol. The highest BCUT2D eigenvalue weighted by Gasteiger charge is 2.42. The molecule has 0 fully saturated rings. The van der Waals surface area contributed by atoms with Gasteiger partial charge in [0.25, 0.3) is 0 Å². The lowest BCUT2D eigenvalue weighted by atomic mass is 10.0. The van der Waals surface area contributed by atoms with Crippen molar-refractivity contribution in [3.8, 4) is 0 Å². The van der Waals surface area contributed by atoms with E-state index < -0.39 is 14.4 Å². The molecule has 0 aromatic carbocycles. The summed E-state index contributed by atoms with van der Waals surface area (Å²) in [5, 5.41) is 10.9. The SMILES string of the molecule is COC(=O)CCCCCCC(O)C1=C(Br)CCC1O[Si](C)(C)C(C)(C)C. The summed E-state index contributed by atoms with van der Waals surface area (Å²) in [6, 6.07) is 0. The summed E-state index contributed by atoms with van der Waals surface area (Å²) in [6.45, 7) is 11.3. The Morgan fingerprint density at radius 3 is 2.46 bits per heavy atom. The first-order valence-corrected chi connectivity index (χ1v) is 13.5. The molecule has 1 aliphatic rings. The number of halogens is 1. The van der Waals surface area contributed by atoms with Crippen LogP contribution in [0.2, 0.25) is 18.1 Å². The molecule has 0 saturated carbocycles. The number of ether oxygens (including phenoxy) is 1. The molecule has 0 aromatic rings. The number of aliphatic hydroxyl groups is 1. The lowest BCUT2D eigenvalue weighted by Crippen LogP contribution is -2.44. The minimum Gasteiger partial charge on any atom is -0.469 e. The van der Waals surface area contributed by atoms with Gasteiger partial charge in [-0.1, -0.05) is 56.0 Å². The molecule has 0 aliphatic heterocycles. The number of hydrogen-bond donors (Lipinski definition) is 1. The van der Waals surface area contributed by atoms with Crippen LogP contribution in [-0.4, -0.2) is 38.7 Å². The molecule has 1 N–H and O–H groups in total. The van der Waals surface area contributed by atoms with Gasteiger partial charge in [0, 0.05) is 6.42 Å². The van der Waals surface area contributed by atoms with Crippen molar-refractivity contribution in [2.24, 2.45) is 0 Å². The summed E-state index contributed by atoms with van der Waals surface area (Å²) in [6.07, 6.45) is 6.56. The summed E-state index contributed by atoms with van der Waals surface area (Å²) < 4.78 is 12.4. The van der Waals surface area contributed by atoms with E-state index in [1.165, 1.54) is 7.11 Å². The molecule has 1 rings (SSSR count). The molecular weight excluding hydrogens is 412 g/mol. The van der Waals surface area contributed by atoms with Gasteiger partial charge in [-0.25, -0.2) is 0 Å². The summed E-state index contributed by atoms with van der Waals surface area (Å²) in [5.41, 5.74) is 1.06. The van der Waals surface area contributed by atoms with E-state index >= 15 is 0 Å². The number of carbonyl (C=O) groups excluding carboxylic acids is 1. The van der Waals surface area contributed by atoms with Crippen molar-refractivity contribution >= 4 is 30.2 Å². The Morgan fingerprint density at radius 1 is 1.27 bits per heavy atom. The molecule has 1 aliphatic carbocycles. The Bertz CT molecular complexity index is 497. The zero-order valence-electron chi connectivity index (χ0n) is 17.4. The zero-order chi connectivity index (χ0) is 20.0. The van der Waals surface area contributed by atoms with Gasteiger partial charge in [0.2, 0.25) is 0 Å². The Morgan fingerprint density at radius 2 is 1.88 bits per heavy atom. The minimum atomic E-state index is -1.86. The molecular formula is C20H37BrO4Si. The lowest BCUT2D eigenvalue weighted by Gasteiger charge is -2.39. The van der Waals surface area contributed by atoms with E-state index in [0.717, 1.165) is 55.0 Å². The molecule has 0 radical (unpaired) electrons. The van der Waals surface area contributed by atoms with Gasteiger partial charge in [0.1, 0.15) is 0 Å². The van der Waals surface area contributed by atoms with Crippen LogP contribution in [0.3, 0.4) is 0 Å². The van der Waals surface area contributed by atoms with Gasteiger partial charge >= 0.3 is 5.97 Å². The molecule has 6 heteroatoms. The molecule has 0 heterocycles. The quantitative estimate of drug-likeness (QED) is 0.264. The first-order valence-electron chi connectivity index (χ1n) is 9.80. The molecule has 152 valence electrons. The lowest BCUT2D eigenvalue weighted by molar-refractivity contribution is -0.140. The van der Waals surface area contributed by atoms with Crippen molar-refractivity contribution in [1.29, 1.82) is 0 Å². The van der Waals surface area contributed by atoms with Crippen molar-refractivity contribution in [3.63, 3.8) is 0 Å². The van der Waals surface area contributed by atoms with Crippen LogP contribution in [0, 0.1) is 0 Å². The van der Waals surface area contributed by atoms with E-state index in [2.05, 4.69) is 54.5 Å². The number of unbranched alkanes of at least 4 members (excludes halogenated alkanes) is 3. The summed E-state index contributed by atoms with van der Waals surface area (Å²) in [4.78, 5) is 11.1. The van der Waals surface area contributed by atoms with E-state index in [0.29, 0.717) is 6.42 Å². The summed E-state index contributed by atoms with van der Waals surface area (Å²) in [7, 11) is -0.436. The van der Waals surface area contributed by atoms with Crippen LogP contribution in [0.1, 0.15) is 72.1 Å². The minimum absolute atomic E-state index is 0.0413. The first-order chi connectivity index (χ1) is 12.0. The maximum Gasteiger partial charge on any atom is 0.305 e. The van der Waals surface area contributed by atoms with Gasteiger partial charge in [-0.2, -0.15) is 0 Å². The molecule has 0 saturated heterocycles. The second kappa shape index (κ2) is 10.4. The topological polar surface area (TPSA) is 55.8 Å². The smallest absolute Gasteiger partial charge is 0.305 e. The van der Waals surface area contributed by atoms with E-state index in [1.54, 1.807) is 0 Å². The van der Waals surface area contributed by atoms with Crippen molar-refractivity contribution in [1.82, 2.24) is 0 Å². The summed E-state index contributed by atoms with van der Waals surface area (Å²) >= 11 is 3.67. The molecule has 0 spiro atoms. The van der Waals surface area contributed by atoms with Crippen LogP contribution in [0.15, 0.2) is 10.1 Å². The van der Waals surface area contributed by atoms with Gasteiger partial charge in [0.15, 0.2) is 8.32 Å². The number of rotatable bonds is 10. The maximum atomic E-state index is 11.1. The zero-order valence-corrected chi connectivity index (χ0v) is 19.9. The standard InChI is InChI=1S/C20H37BrO4Si/c1-20(2,3)26(5,6)25-17-14-13-15(21)19(17)16(22)11-9-7-8-10-12-18(23)24-4/h16-17,22H,7-14H2,1-6H3. The van der Waals surface area contributed by atoms with Crippen molar-refractivity contribution in [2.75, 3.05) is 7.11 Å². The third kappa shape index (κ3) is 7.10. The number of aliphatic hydroxyl groups excluding tert-OH is 1. The fourth-order valence-electron chi connectivity index (χ4n) is 3.00. The number of esters is 1. The second-order valence-corrected chi connectivity index (χ2v) is 14.5. The molecule has 26 heavy (non-hydrogen) atoms. The van der Waals surface area contributed by atoms with E-state index in [9.17, 15) is 9.90 Å². The fraction of sp³-hybridized carbons (Fsp3) is 0.850. The predicted molar refractivity (Wildman–Crippen MR) is 113 cm³/mol. The molecule has 2 atom stereocenters. The van der Waals surface area contributed by atoms with Gasteiger partial charge < -0.3 is 14.3 Å². The van der Waals surface area contributed by atoms with E-state index in [-0.39, 0.29) is 17.1 Å². The van der Waals surface area contributed by atoms with Gasteiger partial charge in [-0.3, -0.25) is 4.79 Å². The van der Waals surface area contributed by atoms with Crippen LogP contribution in [0.25, 0.3) is 0 Å². The number of methoxy groups -OCH3 is 1. The molecule has 4 nitrogen and oxygen atoms in total. The summed E-state index contributed by atoms with van der Waals surface area (Å²) in [5.74, 6) is -0.143. The van der Waals surface area contributed by atoms with E-state index in [1.807, 2.05) is 0 Å². The fourth-order valence-corrected chi connectivity index (χ4v) is 5.06. The number of hydrogen-bond acceptors (Lipinski definition) is 4. The largest absolute Gasteiger partial charge is 0.469 e. The van der Waals surface area contributed by atoms with E-state index in [4.69, 9.17) is 4.43 Å². The van der Waals surface area contributed by atoms with Crippen LogP contribution in [-0.2, 0) is 14.0 Å². The Hall–Kier alpha value is -0.173. The second-order valence-electron chi connectivity index (χ2n) is 8.81.